The van der Waals surface area contributed by atoms with E-state index in [0.29, 0.717) is 12.5 Å². The van der Waals surface area contributed by atoms with Gasteiger partial charge in [-0.1, -0.05) is 19.8 Å². The van der Waals surface area contributed by atoms with Crippen molar-refractivity contribution < 1.29 is 19.4 Å². The lowest BCUT2D eigenvalue weighted by atomic mass is 10.1. The minimum atomic E-state index is -0.847. The Morgan fingerprint density at radius 1 is 1.41 bits per heavy atom. The maximum absolute atomic E-state index is 11.3. The molecule has 2 atom stereocenters. The summed E-state index contributed by atoms with van der Waals surface area (Å²) < 4.78 is 4.95. The minimum Gasteiger partial charge on any atom is -0.481 e. The highest BCUT2D eigenvalue weighted by molar-refractivity contribution is 5.89. The molecule has 0 bridgehead atoms. The number of carbonyl (C=O) groups excluding carboxylic acids is 1. The van der Waals surface area contributed by atoms with E-state index < -0.39 is 17.9 Å². The predicted octanol–water partition coefficient (Wildman–Crippen LogP) is 1.30. The molecule has 92 valence electrons. The fraction of sp³-hybridized carbons (Fsp3) is 0.692. The van der Waals surface area contributed by atoms with Crippen LogP contribution in [0.2, 0.25) is 0 Å². The Morgan fingerprint density at radius 2 is 2.06 bits per heavy atom. The monoisotopic (exact) mass is 236 g/mol. The molecule has 0 aromatic carbocycles. The molecule has 0 saturated heterocycles. The van der Waals surface area contributed by atoms with E-state index in [2.05, 4.69) is 11.8 Å². The van der Waals surface area contributed by atoms with Crippen molar-refractivity contribution in [2.45, 2.75) is 26.7 Å². The van der Waals surface area contributed by atoms with Crippen LogP contribution in [0.3, 0.4) is 0 Å². The van der Waals surface area contributed by atoms with Crippen LogP contribution in [0.1, 0.15) is 26.7 Å². The number of rotatable bonds is 3. The van der Waals surface area contributed by atoms with Gasteiger partial charge in [0.05, 0.1) is 12.5 Å². The summed E-state index contributed by atoms with van der Waals surface area (Å²) in [5.41, 5.74) is -0.338. The van der Waals surface area contributed by atoms with Crippen LogP contribution in [0.25, 0.3) is 0 Å². The van der Waals surface area contributed by atoms with Gasteiger partial charge in [0.1, 0.15) is 0 Å². The zero-order valence-electron chi connectivity index (χ0n) is 10.0. The van der Waals surface area contributed by atoms with E-state index >= 15 is 0 Å². The number of hydrogen-bond acceptors (Lipinski definition) is 3. The first-order valence-electron chi connectivity index (χ1n) is 5.84. The molecule has 2 aliphatic carbocycles. The predicted molar refractivity (Wildman–Crippen MR) is 59.9 cm³/mol. The molecule has 0 amide bonds. The van der Waals surface area contributed by atoms with Gasteiger partial charge in [-0.3, -0.25) is 4.79 Å². The largest absolute Gasteiger partial charge is 0.481 e. The first-order valence-corrected chi connectivity index (χ1v) is 5.84. The quantitative estimate of drug-likeness (QED) is 0.456. The van der Waals surface area contributed by atoms with Crippen LogP contribution in [0.5, 0.6) is 0 Å². The van der Waals surface area contributed by atoms with Crippen LogP contribution < -0.4 is 0 Å². The number of esters is 1. The highest BCUT2D eigenvalue weighted by Crippen LogP contribution is 2.57. The third-order valence-electron chi connectivity index (χ3n) is 3.57. The number of hydrogen-bond donors (Lipinski definition) is 1. The molecular weight excluding hydrogens is 220 g/mol. The van der Waals surface area contributed by atoms with E-state index in [-0.39, 0.29) is 11.3 Å². The molecule has 2 rings (SSSR count). The van der Waals surface area contributed by atoms with E-state index in [1.165, 1.54) is 0 Å². The van der Waals surface area contributed by atoms with Gasteiger partial charge in [0.25, 0.3) is 0 Å². The number of aliphatic carboxylic acids is 1. The Morgan fingerprint density at radius 3 is 2.53 bits per heavy atom. The van der Waals surface area contributed by atoms with Crippen molar-refractivity contribution in [2.24, 2.45) is 23.2 Å². The maximum atomic E-state index is 11.3. The summed E-state index contributed by atoms with van der Waals surface area (Å²) in [7, 11) is 0. The van der Waals surface area contributed by atoms with Crippen molar-refractivity contribution in [1.82, 2.24) is 0 Å². The lowest BCUT2D eigenvalue weighted by Crippen LogP contribution is -2.04. The van der Waals surface area contributed by atoms with Gasteiger partial charge in [-0.15, -0.1) is 0 Å². The number of carboxylic acid groups (broad SMARTS) is 1. The molecule has 2 saturated carbocycles. The topological polar surface area (TPSA) is 63.6 Å². The van der Waals surface area contributed by atoms with Crippen molar-refractivity contribution in [3.05, 3.63) is 0 Å². The zero-order chi connectivity index (χ0) is 12.6. The Balaban J connectivity index is 1.84. The smallest absolute Gasteiger partial charge is 0.384 e. The molecule has 0 radical (unpaired) electrons. The molecule has 4 nitrogen and oxygen atoms in total. The zero-order valence-corrected chi connectivity index (χ0v) is 10.0. The molecule has 2 unspecified atom stereocenters. The van der Waals surface area contributed by atoms with Crippen LogP contribution >= 0.6 is 0 Å². The number of carboxylic acids is 1. The molecule has 2 aliphatic rings. The molecule has 0 spiro atoms. The number of carbonyl (C=O) groups is 2. The average Bonchev–Trinajstić information content (AvgIpc) is 3.09. The third kappa shape index (κ3) is 2.60. The molecule has 0 aromatic heterocycles. The van der Waals surface area contributed by atoms with Gasteiger partial charge in [-0.05, 0) is 24.2 Å². The summed E-state index contributed by atoms with van der Waals surface area (Å²) in [6.45, 7) is 4.14. The first kappa shape index (κ1) is 12.0. The molecule has 4 heteroatoms. The van der Waals surface area contributed by atoms with Gasteiger partial charge in [-0.2, -0.15) is 0 Å². The molecule has 1 N–H and O–H groups in total. The van der Waals surface area contributed by atoms with Gasteiger partial charge in [0, 0.05) is 11.8 Å². The second-order valence-corrected chi connectivity index (χ2v) is 5.43. The van der Waals surface area contributed by atoms with Gasteiger partial charge in [-0.25, -0.2) is 4.79 Å². The third-order valence-corrected chi connectivity index (χ3v) is 3.57. The van der Waals surface area contributed by atoms with Crippen molar-refractivity contribution in [2.75, 3.05) is 6.61 Å². The summed E-state index contributed by atoms with van der Waals surface area (Å²) in [4.78, 5) is 22.1. The van der Waals surface area contributed by atoms with E-state index in [0.717, 1.165) is 12.8 Å². The van der Waals surface area contributed by atoms with Crippen LogP contribution in [0.15, 0.2) is 0 Å². The standard InChI is InChI=1S/C13H16O4/c1-13(2)9(11(13)12(15)16)5-6-10(14)17-7-8-3-4-8/h8-9,11H,3-4,7H2,1-2H3,(H,15,16). The number of ether oxygens (including phenoxy) is 1. The van der Waals surface area contributed by atoms with Gasteiger partial charge < -0.3 is 9.84 Å². The van der Waals surface area contributed by atoms with Crippen molar-refractivity contribution >= 4 is 11.9 Å². The summed E-state index contributed by atoms with van der Waals surface area (Å²) in [5, 5.41) is 8.92. The van der Waals surface area contributed by atoms with E-state index in [1.807, 2.05) is 13.8 Å². The van der Waals surface area contributed by atoms with Crippen LogP contribution in [0.4, 0.5) is 0 Å². The molecule has 0 aliphatic heterocycles. The van der Waals surface area contributed by atoms with Crippen molar-refractivity contribution in [1.29, 1.82) is 0 Å². The second kappa shape index (κ2) is 4.06. The summed E-state index contributed by atoms with van der Waals surface area (Å²) in [5.74, 6) is 3.54. The van der Waals surface area contributed by atoms with Gasteiger partial charge >= 0.3 is 11.9 Å². The normalized spacial score (nSPS) is 28.8. The van der Waals surface area contributed by atoms with E-state index in [1.54, 1.807) is 0 Å². The Bertz CT molecular complexity index is 409. The Labute approximate surface area is 100 Å². The molecule has 0 heterocycles. The fourth-order valence-corrected chi connectivity index (χ4v) is 2.02. The van der Waals surface area contributed by atoms with Gasteiger partial charge in [0.2, 0.25) is 0 Å². The first-order chi connectivity index (χ1) is 7.93. The average molecular weight is 236 g/mol. The van der Waals surface area contributed by atoms with Crippen LogP contribution in [0, 0.1) is 35.0 Å². The molecular formula is C13H16O4. The fourth-order valence-electron chi connectivity index (χ4n) is 2.02. The summed E-state index contributed by atoms with van der Waals surface area (Å²) >= 11 is 0. The minimum absolute atomic E-state index is 0.242. The SMILES string of the molecule is CC1(C)C(C#CC(=O)OCC2CC2)C1C(=O)O. The highest BCUT2D eigenvalue weighted by Gasteiger charge is 2.61. The van der Waals surface area contributed by atoms with E-state index in [4.69, 9.17) is 9.84 Å². The molecule has 17 heavy (non-hydrogen) atoms. The lowest BCUT2D eigenvalue weighted by molar-refractivity contribution is -0.139. The van der Waals surface area contributed by atoms with Crippen molar-refractivity contribution in [3.63, 3.8) is 0 Å². The maximum Gasteiger partial charge on any atom is 0.384 e. The second-order valence-electron chi connectivity index (χ2n) is 5.43. The molecule has 2 fully saturated rings. The Kier molecular flexibility index (Phi) is 2.86. The Hall–Kier alpha value is -1.50. The highest BCUT2D eigenvalue weighted by atomic mass is 16.5. The van der Waals surface area contributed by atoms with E-state index in [9.17, 15) is 9.59 Å². The summed E-state index contributed by atoms with van der Waals surface area (Å²) in [6, 6.07) is 0. The van der Waals surface area contributed by atoms with Crippen LogP contribution in [-0.2, 0) is 14.3 Å². The lowest BCUT2D eigenvalue weighted by Gasteiger charge is -1.96. The van der Waals surface area contributed by atoms with Crippen molar-refractivity contribution in [3.8, 4) is 11.8 Å². The van der Waals surface area contributed by atoms with Gasteiger partial charge in [0.15, 0.2) is 0 Å². The molecule has 0 aromatic rings. The van der Waals surface area contributed by atoms with Crippen LogP contribution in [-0.4, -0.2) is 23.7 Å². The summed E-state index contributed by atoms with van der Waals surface area (Å²) in [6.07, 6.45) is 2.24.